The maximum Gasteiger partial charge on any atom is 0.495 e. The van der Waals surface area contributed by atoms with E-state index in [1.54, 1.807) is 30.6 Å². The van der Waals surface area contributed by atoms with Gasteiger partial charge in [0.2, 0.25) is 0 Å². The molecule has 0 unspecified atom stereocenters. The molecule has 0 radical (unpaired) electrons. The molecule has 0 bridgehead atoms. The number of aryl methyl sites for hydroxylation is 4. The summed E-state index contributed by atoms with van der Waals surface area (Å²) >= 11 is 3.21. The Morgan fingerprint density at radius 2 is 1.27 bits per heavy atom. The average molecular weight is 683 g/mol. The number of nitrogens with one attached hydrogen (secondary N) is 2. The van der Waals surface area contributed by atoms with Crippen molar-refractivity contribution in [2.45, 2.75) is 74.0 Å². The number of methoxy groups -OCH3 is 2. The Hall–Kier alpha value is -3.74. The van der Waals surface area contributed by atoms with Crippen LogP contribution in [0, 0.1) is 27.7 Å². The smallest absolute Gasteiger partial charge is 0.465 e. The zero-order valence-corrected chi connectivity index (χ0v) is 28.5. The Balaban J connectivity index is 0.000000256. The van der Waals surface area contributed by atoms with Crippen molar-refractivity contribution >= 4 is 40.4 Å². The molecular weight excluding hydrogens is 639 g/mol. The van der Waals surface area contributed by atoms with Crippen LogP contribution in [0.3, 0.4) is 0 Å². The molecule has 0 spiro atoms. The van der Waals surface area contributed by atoms with E-state index in [4.69, 9.17) is 18.8 Å². The van der Waals surface area contributed by atoms with E-state index in [9.17, 15) is 9.59 Å². The van der Waals surface area contributed by atoms with Crippen LogP contribution in [0.1, 0.15) is 78.6 Å². The molecule has 0 aliphatic carbocycles. The van der Waals surface area contributed by atoms with E-state index in [1.165, 1.54) is 14.2 Å². The fourth-order valence-electron chi connectivity index (χ4n) is 4.21. The van der Waals surface area contributed by atoms with Gasteiger partial charge in [0.05, 0.1) is 54.6 Å². The molecule has 4 aromatic rings. The lowest BCUT2D eigenvalue weighted by atomic mass is 9.75. The van der Waals surface area contributed by atoms with Crippen LogP contribution >= 0.6 is 15.9 Å². The second-order valence-electron chi connectivity index (χ2n) is 11.4. The standard InChI is InChI=1S/C15H21BO4.C13H14N2O2.C4H5BrN2.CH4/c1-10-7-8-11(13(17)18-6)9-12(10)16-19-14(2,3)15(4,5)20-16;1-8-4-5-10(13(16)17-3)6-11(8)12-7-14-9(2)15-12;1-3-6-2-4(5)7-3;/h7-9H,1-6H3;4-7H,1-3H3,(H,14,15);2H,1H3,(H,6,7);1H4. The van der Waals surface area contributed by atoms with Crippen LogP contribution in [0.5, 0.6) is 0 Å². The fraction of sp³-hybridized carbons (Fsp3) is 0.394. The highest BCUT2D eigenvalue weighted by Crippen LogP contribution is 2.36. The van der Waals surface area contributed by atoms with Crippen LogP contribution < -0.4 is 5.46 Å². The molecule has 2 aromatic carbocycles. The molecule has 0 atom stereocenters. The van der Waals surface area contributed by atoms with Gasteiger partial charge < -0.3 is 28.8 Å². The van der Waals surface area contributed by atoms with Gasteiger partial charge in [-0.3, -0.25) is 0 Å². The maximum absolute atomic E-state index is 11.6. The maximum atomic E-state index is 11.6. The second-order valence-corrected chi connectivity index (χ2v) is 12.2. The number of rotatable bonds is 4. The molecule has 242 valence electrons. The number of hydrogen-bond acceptors (Lipinski definition) is 8. The number of benzene rings is 2. The fourth-order valence-corrected chi connectivity index (χ4v) is 4.60. The minimum atomic E-state index is -0.468. The van der Waals surface area contributed by atoms with Gasteiger partial charge in [0, 0.05) is 5.56 Å². The predicted octanol–water partition coefficient (Wildman–Crippen LogP) is 6.68. The van der Waals surface area contributed by atoms with Crippen molar-refractivity contribution in [2.24, 2.45) is 0 Å². The van der Waals surface area contributed by atoms with Crippen molar-refractivity contribution in [3.8, 4) is 11.3 Å². The number of nitrogens with zero attached hydrogens (tertiary/aromatic N) is 2. The second kappa shape index (κ2) is 15.5. The summed E-state index contributed by atoms with van der Waals surface area (Å²) in [7, 11) is 2.28. The van der Waals surface area contributed by atoms with Crippen LogP contribution in [0.2, 0.25) is 0 Å². The van der Waals surface area contributed by atoms with E-state index in [0.717, 1.165) is 44.1 Å². The number of carbonyl (C=O) groups excluding carboxylic acids is 2. The van der Waals surface area contributed by atoms with Gasteiger partial charge in [0.15, 0.2) is 0 Å². The Kier molecular flexibility index (Phi) is 12.9. The number of aromatic amines is 2. The molecule has 0 amide bonds. The SMILES string of the molecule is C.COC(=O)c1ccc(C)c(-c2cnc(C)[nH]2)c1.COC(=O)c1ccc(C)c(B2OC(C)(C)C(C)(C)O2)c1.Cc1ncc(Br)[nH]1. The third-order valence-electron chi connectivity index (χ3n) is 7.53. The summed E-state index contributed by atoms with van der Waals surface area (Å²) < 4.78 is 22.4. The molecule has 1 aliphatic rings. The molecule has 2 aromatic heterocycles. The topological polar surface area (TPSA) is 128 Å². The van der Waals surface area contributed by atoms with Gasteiger partial charge in [-0.25, -0.2) is 19.6 Å². The summed E-state index contributed by atoms with van der Waals surface area (Å²) in [4.78, 5) is 37.3. The van der Waals surface area contributed by atoms with Gasteiger partial charge in [-0.2, -0.15) is 0 Å². The van der Waals surface area contributed by atoms with Crippen LogP contribution in [0.15, 0.2) is 53.4 Å². The Labute approximate surface area is 274 Å². The Morgan fingerprint density at radius 3 is 1.69 bits per heavy atom. The van der Waals surface area contributed by atoms with Gasteiger partial charge in [-0.05, 0) is 107 Å². The molecule has 10 nitrogen and oxygen atoms in total. The summed E-state index contributed by atoms with van der Waals surface area (Å²) in [5, 5.41) is 0. The van der Waals surface area contributed by atoms with Crippen LogP contribution in [0.4, 0.5) is 0 Å². The molecule has 12 heteroatoms. The largest absolute Gasteiger partial charge is 0.495 e. The number of carbonyl (C=O) groups is 2. The molecule has 1 saturated heterocycles. The summed E-state index contributed by atoms with van der Waals surface area (Å²) in [6, 6.07) is 10.9. The molecule has 1 fully saturated rings. The number of halogens is 1. The minimum absolute atomic E-state index is 0. The quantitative estimate of drug-likeness (QED) is 0.180. The number of ether oxygens (including phenoxy) is 2. The normalized spacial score (nSPS) is 14.2. The van der Waals surface area contributed by atoms with Gasteiger partial charge in [-0.15, -0.1) is 0 Å². The lowest BCUT2D eigenvalue weighted by molar-refractivity contribution is 0.00578. The Morgan fingerprint density at radius 1 is 0.778 bits per heavy atom. The molecular formula is C33H44BBrN4O6. The molecule has 2 N–H and O–H groups in total. The van der Waals surface area contributed by atoms with Crippen LogP contribution in [-0.2, 0) is 18.8 Å². The summed E-state index contributed by atoms with van der Waals surface area (Å²) in [6.07, 6.45) is 3.49. The highest BCUT2D eigenvalue weighted by molar-refractivity contribution is 9.10. The number of esters is 2. The van der Waals surface area contributed by atoms with Gasteiger partial charge >= 0.3 is 19.1 Å². The van der Waals surface area contributed by atoms with Crippen LogP contribution in [0.25, 0.3) is 11.3 Å². The molecule has 1 aliphatic heterocycles. The van der Waals surface area contributed by atoms with Crippen molar-refractivity contribution in [2.75, 3.05) is 14.2 Å². The van der Waals surface area contributed by atoms with E-state index >= 15 is 0 Å². The zero-order valence-electron chi connectivity index (χ0n) is 26.9. The monoisotopic (exact) mass is 682 g/mol. The highest BCUT2D eigenvalue weighted by atomic mass is 79.9. The number of aromatic nitrogens is 4. The summed E-state index contributed by atoms with van der Waals surface area (Å²) in [5.74, 6) is 1.10. The summed E-state index contributed by atoms with van der Waals surface area (Å²) in [5.41, 5.74) is 5.10. The number of imidazole rings is 2. The zero-order chi connectivity index (χ0) is 32.8. The van der Waals surface area contributed by atoms with E-state index in [2.05, 4.69) is 35.9 Å². The predicted molar refractivity (Wildman–Crippen MR) is 181 cm³/mol. The molecule has 3 heterocycles. The minimum Gasteiger partial charge on any atom is -0.465 e. The lowest BCUT2D eigenvalue weighted by Gasteiger charge is -2.32. The molecule has 0 saturated carbocycles. The van der Waals surface area contributed by atoms with Crippen LogP contribution in [-0.4, -0.2) is 64.4 Å². The van der Waals surface area contributed by atoms with E-state index in [0.29, 0.717) is 11.1 Å². The van der Waals surface area contributed by atoms with Crippen molar-refractivity contribution in [3.63, 3.8) is 0 Å². The first-order chi connectivity index (χ1) is 20.6. The van der Waals surface area contributed by atoms with E-state index in [-0.39, 0.29) is 19.4 Å². The lowest BCUT2D eigenvalue weighted by Crippen LogP contribution is -2.41. The third kappa shape index (κ3) is 9.38. The van der Waals surface area contributed by atoms with Gasteiger partial charge in [0.25, 0.3) is 0 Å². The Bertz CT molecular complexity index is 1580. The highest BCUT2D eigenvalue weighted by Gasteiger charge is 2.52. The van der Waals surface area contributed by atoms with E-state index < -0.39 is 18.3 Å². The van der Waals surface area contributed by atoms with Gasteiger partial charge in [0.1, 0.15) is 16.3 Å². The first kappa shape index (κ1) is 37.5. The van der Waals surface area contributed by atoms with Crippen molar-refractivity contribution in [3.05, 3.63) is 87.3 Å². The third-order valence-corrected chi connectivity index (χ3v) is 7.93. The summed E-state index contributed by atoms with van der Waals surface area (Å²) in [6.45, 7) is 15.8. The molecule has 45 heavy (non-hydrogen) atoms. The van der Waals surface area contributed by atoms with E-state index in [1.807, 2.05) is 73.6 Å². The van der Waals surface area contributed by atoms with Gasteiger partial charge in [-0.1, -0.05) is 25.1 Å². The number of hydrogen-bond donors (Lipinski definition) is 2. The first-order valence-corrected chi connectivity index (χ1v) is 14.8. The van der Waals surface area contributed by atoms with Crippen molar-refractivity contribution in [1.29, 1.82) is 0 Å². The molecule has 5 rings (SSSR count). The number of H-pyrrole nitrogens is 2. The first-order valence-electron chi connectivity index (χ1n) is 14.0. The van der Waals surface area contributed by atoms with Crippen molar-refractivity contribution < 1.29 is 28.4 Å². The average Bonchev–Trinajstić information content (AvgIpc) is 3.64. The van der Waals surface area contributed by atoms with Crippen molar-refractivity contribution in [1.82, 2.24) is 19.9 Å².